The molecule has 0 N–H and O–H groups in total. The highest BCUT2D eigenvalue weighted by molar-refractivity contribution is 6.10. The van der Waals surface area contributed by atoms with Crippen molar-refractivity contribution in [3.8, 4) is 28.6 Å². The monoisotopic (exact) mass is 449 g/mol. The van der Waals surface area contributed by atoms with Gasteiger partial charge in [0.1, 0.15) is 23.2 Å². The normalized spacial score (nSPS) is 11.2. The van der Waals surface area contributed by atoms with Crippen molar-refractivity contribution >= 4 is 21.8 Å². The lowest BCUT2D eigenvalue weighted by atomic mass is 10.0. The first kappa shape index (κ1) is 20.1. The second-order valence-electron chi connectivity index (χ2n) is 7.86. The van der Waals surface area contributed by atoms with Gasteiger partial charge in [0.25, 0.3) is 0 Å². The predicted molar refractivity (Wildman–Crippen MR) is 128 cm³/mol. The largest absolute Gasteiger partial charge is 0.439 e. The fraction of sp³-hybridized carbons (Fsp3) is 0. The number of fused-ring (bicyclic) bond motifs is 3. The van der Waals surface area contributed by atoms with E-state index in [9.17, 15) is 8.78 Å². The standard InChI is InChI=1S/C28H17F2N3O/c29-20-10-12-31-27(16-20)33-25-7-2-1-6-23(25)24-9-8-19(15-26(24)33)18-4-3-5-22(14-18)34-28-17-21(30)11-13-32-28/h1-17H. The third-order valence-corrected chi connectivity index (χ3v) is 5.70. The van der Waals surface area contributed by atoms with Crippen LogP contribution in [0, 0.1) is 11.6 Å². The molecule has 6 rings (SSSR count). The molecule has 0 aliphatic heterocycles. The molecule has 4 nitrogen and oxygen atoms in total. The van der Waals surface area contributed by atoms with Gasteiger partial charge in [-0.05, 0) is 47.5 Å². The van der Waals surface area contributed by atoms with Gasteiger partial charge in [0, 0.05) is 35.3 Å². The summed E-state index contributed by atoms with van der Waals surface area (Å²) in [5.41, 5.74) is 3.72. The third kappa shape index (κ3) is 3.55. The van der Waals surface area contributed by atoms with E-state index >= 15 is 0 Å². The van der Waals surface area contributed by atoms with Crippen molar-refractivity contribution in [2.45, 2.75) is 0 Å². The van der Waals surface area contributed by atoms with E-state index in [4.69, 9.17) is 4.74 Å². The van der Waals surface area contributed by atoms with Gasteiger partial charge in [0.15, 0.2) is 0 Å². The fourth-order valence-corrected chi connectivity index (χ4v) is 4.21. The summed E-state index contributed by atoms with van der Waals surface area (Å²) in [6.07, 6.45) is 2.83. The van der Waals surface area contributed by atoms with Crippen molar-refractivity contribution in [3.05, 3.63) is 115 Å². The summed E-state index contributed by atoms with van der Waals surface area (Å²) >= 11 is 0. The molecule has 34 heavy (non-hydrogen) atoms. The Bertz CT molecular complexity index is 1680. The molecule has 0 amide bonds. The van der Waals surface area contributed by atoms with Crippen molar-refractivity contribution in [2.24, 2.45) is 0 Å². The van der Waals surface area contributed by atoms with E-state index in [1.165, 1.54) is 36.7 Å². The average molecular weight is 449 g/mol. The number of para-hydroxylation sites is 1. The van der Waals surface area contributed by atoms with E-state index in [2.05, 4.69) is 22.1 Å². The lowest BCUT2D eigenvalue weighted by molar-refractivity contribution is 0.457. The van der Waals surface area contributed by atoms with Gasteiger partial charge in [-0.1, -0.05) is 42.5 Å². The molecule has 6 aromatic rings. The van der Waals surface area contributed by atoms with E-state index in [1.54, 1.807) is 6.07 Å². The van der Waals surface area contributed by atoms with Crippen LogP contribution in [0.1, 0.15) is 0 Å². The Hall–Kier alpha value is -4.58. The Morgan fingerprint density at radius 1 is 0.618 bits per heavy atom. The Labute approximate surface area is 193 Å². The Morgan fingerprint density at radius 3 is 2.24 bits per heavy atom. The highest BCUT2D eigenvalue weighted by atomic mass is 19.1. The van der Waals surface area contributed by atoms with Gasteiger partial charge in [-0.3, -0.25) is 4.57 Å². The van der Waals surface area contributed by atoms with Crippen LogP contribution in [0.3, 0.4) is 0 Å². The van der Waals surface area contributed by atoms with Crippen LogP contribution in [0.25, 0.3) is 38.8 Å². The van der Waals surface area contributed by atoms with Crippen LogP contribution in [0.5, 0.6) is 11.6 Å². The first-order valence-electron chi connectivity index (χ1n) is 10.7. The van der Waals surface area contributed by atoms with Crippen molar-refractivity contribution in [1.82, 2.24) is 14.5 Å². The van der Waals surface area contributed by atoms with Crippen LogP contribution in [0.2, 0.25) is 0 Å². The molecule has 0 spiro atoms. The predicted octanol–water partition coefficient (Wildman–Crippen LogP) is 7.31. The highest BCUT2D eigenvalue weighted by Crippen LogP contribution is 2.35. The number of hydrogen-bond donors (Lipinski definition) is 0. The zero-order valence-corrected chi connectivity index (χ0v) is 17.8. The van der Waals surface area contributed by atoms with Crippen LogP contribution in [-0.2, 0) is 0 Å². The topological polar surface area (TPSA) is 39.9 Å². The molecular formula is C28H17F2N3O. The van der Waals surface area contributed by atoms with Gasteiger partial charge in [-0.2, -0.15) is 0 Å². The lowest BCUT2D eigenvalue weighted by Gasteiger charge is -2.09. The maximum atomic E-state index is 14.1. The minimum atomic E-state index is -0.412. The first-order valence-corrected chi connectivity index (χ1v) is 10.7. The number of nitrogens with zero attached hydrogens (tertiary/aromatic N) is 3. The molecule has 6 heteroatoms. The van der Waals surface area contributed by atoms with Gasteiger partial charge in [0.05, 0.1) is 11.0 Å². The zero-order chi connectivity index (χ0) is 23.1. The van der Waals surface area contributed by atoms with Crippen LogP contribution >= 0.6 is 0 Å². The first-order chi connectivity index (χ1) is 16.7. The van der Waals surface area contributed by atoms with E-state index in [0.717, 1.165) is 32.9 Å². The lowest BCUT2D eigenvalue weighted by Crippen LogP contribution is -1.97. The Balaban J connectivity index is 1.49. The second-order valence-corrected chi connectivity index (χ2v) is 7.86. The number of pyridine rings is 2. The van der Waals surface area contributed by atoms with Crippen molar-refractivity contribution in [1.29, 1.82) is 0 Å². The molecule has 0 saturated carbocycles. The maximum absolute atomic E-state index is 14.1. The molecule has 3 aromatic heterocycles. The Morgan fingerprint density at radius 2 is 1.38 bits per heavy atom. The average Bonchev–Trinajstić information content (AvgIpc) is 3.18. The minimum Gasteiger partial charge on any atom is -0.439 e. The number of ether oxygens (including phenoxy) is 1. The Kier molecular flexibility index (Phi) is 4.77. The second kappa shape index (κ2) is 8.08. The molecule has 0 fully saturated rings. The van der Waals surface area contributed by atoms with Crippen LogP contribution in [0.15, 0.2) is 103 Å². The van der Waals surface area contributed by atoms with E-state index in [1.807, 2.05) is 53.1 Å². The van der Waals surface area contributed by atoms with Crippen LogP contribution < -0.4 is 4.74 Å². The summed E-state index contributed by atoms with van der Waals surface area (Å²) < 4.78 is 35.3. The SMILES string of the molecule is Fc1ccnc(Oc2cccc(-c3ccc4c5ccccc5n(-c5cc(F)ccn5)c4c3)c2)c1. The molecule has 0 aliphatic rings. The van der Waals surface area contributed by atoms with Crippen molar-refractivity contribution in [3.63, 3.8) is 0 Å². The fourth-order valence-electron chi connectivity index (χ4n) is 4.21. The molecular weight excluding hydrogens is 432 g/mol. The molecule has 0 radical (unpaired) electrons. The minimum absolute atomic E-state index is 0.185. The molecule has 3 heterocycles. The van der Waals surface area contributed by atoms with Gasteiger partial charge < -0.3 is 4.74 Å². The van der Waals surface area contributed by atoms with Gasteiger partial charge in [-0.25, -0.2) is 18.7 Å². The van der Waals surface area contributed by atoms with E-state index in [0.29, 0.717) is 11.6 Å². The molecule has 0 saturated heterocycles. The molecule has 0 aliphatic carbocycles. The van der Waals surface area contributed by atoms with Crippen molar-refractivity contribution in [2.75, 3.05) is 0 Å². The zero-order valence-electron chi connectivity index (χ0n) is 17.8. The summed E-state index contributed by atoms with van der Waals surface area (Å²) in [5.74, 6) is 0.485. The molecule has 0 unspecified atom stereocenters. The van der Waals surface area contributed by atoms with Crippen LogP contribution in [0.4, 0.5) is 8.78 Å². The van der Waals surface area contributed by atoms with Crippen molar-refractivity contribution < 1.29 is 13.5 Å². The van der Waals surface area contributed by atoms with Gasteiger partial charge in [-0.15, -0.1) is 0 Å². The molecule has 0 bridgehead atoms. The molecule has 0 atom stereocenters. The van der Waals surface area contributed by atoms with Gasteiger partial charge in [0.2, 0.25) is 5.88 Å². The summed E-state index contributed by atoms with van der Waals surface area (Å²) in [7, 11) is 0. The number of halogens is 2. The van der Waals surface area contributed by atoms with Gasteiger partial charge >= 0.3 is 0 Å². The summed E-state index contributed by atoms with van der Waals surface area (Å²) in [6, 6.07) is 26.9. The number of rotatable bonds is 4. The number of aromatic nitrogens is 3. The summed E-state index contributed by atoms with van der Waals surface area (Å²) in [6.45, 7) is 0. The highest BCUT2D eigenvalue weighted by Gasteiger charge is 2.14. The summed E-state index contributed by atoms with van der Waals surface area (Å²) in [4.78, 5) is 8.47. The quantitative estimate of drug-likeness (QED) is 0.283. The summed E-state index contributed by atoms with van der Waals surface area (Å²) in [5, 5.41) is 2.10. The number of benzene rings is 3. The smallest absolute Gasteiger partial charge is 0.222 e. The molecule has 164 valence electrons. The van der Waals surface area contributed by atoms with Crippen LogP contribution in [-0.4, -0.2) is 14.5 Å². The number of hydrogen-bond acceptors (Lipinski definition) is 3. The van der Waals surface area contributed by atoms with E-state index in [-0.39, 0.29) is 11.7 Å². The van der Waals surface area contributed by atoms with E-state index < -0.39 is 5.82 Å². The molecule has 3 aromatic carbocycles. The maximum Gasteiger partial charge on any atom is 0.222 e. The third-order valence-electron chi connectivity index (χ3n) is 5.70.